The van der Waals surface area contributed by atoms with Crippen molar-refractivity contribution in [1.82, 2.24) is 19.9 Å². The van der Waals surface area contributed by atoms with Crippen LogP contribution in [0.5, 0.6) is 0 Å². The summed E-state index contributed by atoms with van der Waals surface area (Å²) in [5.74, 6) is 1.10. The van der Waals surface area contributed by atoms with Gasteiger partial charge in [-0.25, -0.2) is 15.0 Å². The molecule has 32 heavy (non-hydrogen) atoms. The van der Waals surface area contributed by atoms with Crippen molar-refractivity contribution in [2.24, 2.45) is 5.92 Å². The molecule has 0 aromatic carbocycles. The second kappa shape index (κ2) is 8.06. The molecule has 1 atom stereocenters. The summed E-state index contributed by atoms with van der Waals surface area (Å²) in [5, 5.41) is 9.12. The van der Waals surface area contributed by atoms with E-state index < -0.39 is 11.9 Å². The Morgan fingerprint density at radius 2 is 1.78 bits per heavy atom. The number of carbonyl (C=O) groups is 1. The minimum atomic E-state index is -4.51. The van der Waals surface area contributed by atoms with Crippen LogP contribution in [0.1, 0.15) is 38.1 Å². The second-order valence-corrected chi connectivity index (χ2v) is 8.54. The van der Waals surface area contributed by atoms with E-state index in [1.807, 2.05) is 32.7 Å². The molecular weight excluding hydrogens is 425 g/mol. The van der Waals surface area contributed by atoms with Gasteiger partial charge in [0.15, 0.2) is 5.82 Å². The zero-order valence-electron chi connectivity index (χ0n) is 18.2. The lowest BCUT2D eigenvalue weighted by Crippen LogP contribution is -2.50. The highest BCUT2D eigenvalue weighted by Crippen LogP contribution is 2.35. The fraction of sp³-hybridized carbons (Fsp3) is 0.550. The second-order valence-electron chi connectivity index (χ2n) is 8.54. The van der Waals surface area contributed by atoms with Gasteiger partial charge < -0.3 is 20.9 Å². The molecule has 3 heterocycles. The summed E-state index contributed by atoms with van der Waals surface area (Å²) in [6.07, 6.45) is -2.11. The van der Waals surface area contributed by atoms with E-state index in [0.717, 1.165) is 12.3 Å². The first kappa shape index (κ1) is 22.0. The van der Waals surface area contributed by atoms with E-state index in [0.29, 0.717) is 36.0 Å². The summed E-state index contributed by atoms with van der Waals surface area (Å²) in [4.78, 5) is 30.8. The lowest BCUT2D eigenvalue weighted by atomic mass is 9.87. The fourth-order valence-electron chi connectivity index (χ4n) is 4.08. The van der Waals surface area contributed by atoms with Gasteiger partial charge in [-0.3, -0.25) is 4.79 Å². The van der Waals surface area contributed by atoms with Gasteiger partial charge in [-0.1, -0.05) is 13.8 Å². The van der Waals surface area contributed by atoms with E-state index in [9.17, 15) is 18.0 Å². The van der Waals surface area contributed by atoms with Gasteiger partial charge in [0, 0.05) is 25.3 Å². The molecule has 2 aromatic heterocycles. The molecule has 1 aliphatic heterocycles. The number of aryl methyl sites for hydroxylation is 1. The van der Waals surface area contributed by atoms with Gasteiger partial charge in [0.1, 0.15) is 17.4 Å². The number of amides is 1. The van der Waals surface area contributed by atoms with Crippen LogP contribution in [0.2, 0.25) is 0 Å². The lowest BCUT2D eigenvalue weighted by molar-refractivity contribution is -0.141. The molecule has 9 nitrogen and oxygen atoms in total. The first-order valence-electron chi connectivity index (χ1n) is 10.4. The van der Waals surface area contributed by atoms with Gasteiger partial charge in [0.2, 0.25) is 17.8 Å². The number of aromatic nitrogens is 4. The Morgan fingerprint density at radius 3 is 2.41 bits per heavy atom. The van der Waals surface area contributed by atoms with Crippen LogP contribution in [-0.2, 0) is 11.0 Å². The molecule has 2 aromatic rings. The third kappa shape index (κ3) is 4.26. The molecule has 1 saturated carbocycles. The average Bonchev–Trinajstić information content (AvgIpc) is 2.66. The molecular formula is C20H25F3N8O. The SMILES string of the molecule is Cc1nc(N[C@H]2C[C@@H](Nc3nccc(C(F)(F)F)n3)C2)nc2c1NC(=O)C(C(C)C)N2C. The molecule has 172 valence electrons. The summed E-state index contributed by atoms with van der Waals surface area (Å²) in [5.41, 5.74) is 0.291. The Hall–Kier alpha value is -3.18. The largest absolute Gasteiger partial charge is 0.433 e. The predicted octanol–water partition coefficient (Wildman–Crippen LogP) is 3.06. The van der Waals surface area contributed by atoms with Crippen molar-refractivity contribution in [3.8, 4) is 0 Å². The van der Waals surface area contributed by atoms with Crippen LogP contribution in [0.3, 0.4) is 0 Å². The van der Waals surface area contributed by atoms with Gasteiger partial charge in [-0.05, 0) is 31.7 Å². The van der Waals surface area contributed by atoms with Crippen LogP contribution >= 0.6 is 0 Å². The van der Waals surface area contributed by atoms with E-state index in [4.69, 9.17) is 0 Å². The van der Waals surface area contributed by atoms with Gasteiger partial charge in [0.05, 0.1) is 5.69 Å². The number of alkyl halides is 3. The number of halogens is 3. The van der Waals surface area contributed by atoms with Crippen LogP contribution in [0, 0.1) is 12.8 Å². The first-order chi connectivity index (χ1) is 15.0. The predicted molar refractivity (Wildman–Crippen MR) is 114 cm³/mol. The Morgan fingerprint density at radius 1 is 1.12 bits per heavy atom. The van der Waals surface area contributed by atoms with Crippen molar-refractivity contribution in [3.05, 3.63) is 23.7 Å². The minimum absolute atomic E-state index is 0.0405. The van der Waals surface area contributed by atoms with Crippen LogP contribution in [-0.4, -0.2) is 51.0 Å². The van der Waals surface area contributed by atoms with Gasteiger partial charge in [-0.15, -0.1) is 0 Å². The molecule has 4 rings (SSSR count). The summed E-state index contributed by atoms with van der Waals surface area (Å²) in [7, 11) is 1.84. The maximum absolute atomic E-state index is 12.8. The third-order valence-electron chi connectivity index (χ3n) is 5.72. The van der Waals surface area contributed by atoms with Crippen molar-refractivity contribution in [2.45, 2.75) is 57.9 Å². The third-order valence-corrected chi connectivity index (χ3v) is 5.72. The van der Waals surface area contributed by atoms with E-state index >= 15 is 0 Å². The summed E-state index contributed by atoms with van der Waals surface area (Å²) in [6.45, 7) is 5.77. The molecule has 0 bridgehead atoms. The summed E-state index contributed by atoms with van der Waals surface area (Å²) in [6, 6.07) is 0.520. The maximum atomic E-state index is 12.8. The molecule has 1 unspecified atom stereocenters. The molecule has 1 aliphatic carbocycles. The first-order valence-corrected chi connectivity index (χ1v) is 10.4. The maximum Gasteiger partial charge on any atom is 0.433 e. The standard InChI is InChI=1S/C20H25F3N8O/c1-9(2)15-17(32)29-14-10(3)25-19(30-16(14)31(15)4)27-12-7-11(8-12)26-18-24-6-5-13(28-18)20(21,22)23/h5-6,9,11-12,15H,7-8H2,1-4H3,(H,29,32)(H,24,26,28)(H,25,27,30)/t11-,12+,15?. The number of fused-ring (bicyclic) bond motifs is 1. The van der Waals surface area contributed by atoms with Crippen LogP contribution in [0.15, 0.2) is 12.3 Å². The van der Waals surface area contributed by atoms with Crippen molar-refractivity contribution < 1.29 is 18.0 Å². The molecule has 3 N–H and O–H groups in total. The average molecular weight is 450 g/mol. The molecule has 0 radical (unpaired) electrons. The molecule has 1 fully saturated rings. The zero-order chi connectivity index (χ0) is 23.2. The summed E-state index contributed by atoms with van der Waals surface area (Å²) >= 11 is 0. The Bertz CT molecular complexity index is 1020. The molecule has 0 saturated heterocycles. The van der Waals surface area contributed by atoms with Gasteiger partial charge in [0.25, 0.3) is 0 Å². The molecule has 0 spiro atoms. The number of likely N-dealkylation sites (N-methyl/N-ethyl adjacent to an activating group) is 1. The number of carbonyl (C=O) groups excluding carboxylic acids is 1. The Kier molecular flexibility index (Phi) is 5.55. The minimum Gasteiger partial charge on any atom is -0.351 e. The molecule has 12 heteroatoms. The van der Waals surface area contributed by atoms with Crippen LogP contribution < -0.4 is 20.9 Å². The van der Waals surface area contributed by atoms with E-state index in [-0.39, 0.29) is 35.9 Å². The van der Waals surface area contributed by atoms with Crippen molar-refractivity contribution in [2.75, 3.05) is 27.9 Å². The topological polar surface area (TPSA) is 108 Å². The Balaban J connectivity index is 1.40. The van der Waals surface area contributed by atoms with E-state index in [1.54, 1.807) is 0 Å². The fourth-order valence-corrected chi connectivity index (χ4v) is 4.08. The smallest absolute Gasteiger partial charge is 0.351 e. The molecule has 2 aliphatic rings. The summed E-state index contributed by atoms with van der Waals surface area (Å²) < 4.78 is 38.4. The number of nitrogens with one attached hydrogen (secondary N) is 3. The van der Waals surface area contributed by atoms with Crippen molar-refractivity contribution in [1.29, 1.82) is 0 Å². The quantitative estimate of drug-likeness (QED) is 0.638. The van der Waals surface area contributed by atoms with Crippen molar-refractivity contribution in [3.63, 3.8) is 0 Å². The normalized spacial score (nSPS) is 22.8. The lowest BCUT2D eigenvalue weighted by Gasteiger charge is -2.38. The highest BCUT2D eigenvalue weighted by atomic mass is 19.4. The van der Waals surface area contributed by atoms with Crippen LogP contribution in [0.4, 0.5) is 36.6 Å². The van der Waals surface area contributed by atoms with Gasteiger partial charge in [-0.2, -0.15) is 18.2 Å². The van der Waals surface area contributed by atoms with E-state index in [1.165, 1.54) is 0 Å². The van der Waals surface area contributed by atoms with Gasteiger partial charge >= 0.3 is 6.18 Å². The highest BCUT2D eigenvalue weighted by molar-refractivity contribution is 6.03. The zero-order valence-corrected chi connectivity index (χ0v) is 18.2. The van der Waals surface area contributed by atoms with Crippen LogP contribution in [0.25, 0.3) is 0 Å². The number of rotatable bonds is 5. The number of anilines is 4. The highest BCUT2D eigenvalue weighted by Gasteiger charge is 2.37. The Labute approximate surface area is 183 Å². The number of hydrogen-bond donors (Lipinski definition) is 3. The monoisotopic (exact) mass is 450 g/mol. The molecule has 1 amide bonds. The van der Waals surface area contributed by atoms with Crippen molar-refractivity contribution >= 4 is 29.3 Å². The van der Waals surface area contributed by atoms with E-state index in [2.05, 4.69) is 35.9 Å². The number of nitrogens with zero attached hydrogens (tertiary/aromatic N) is 5. The number of hydrogen-bond acceptors (Lipinski definition) is 8.